The summed E-state index contributed by atoms with van der Waals surface area (Å²) in [5.74, 6) is -1.97. The van der Waals surface area contributed by atoms with Gasteiger partial charge in [-0.3, -0.25) is 0 Å². The fraction of sp³-hybridized carbons (Fsp3) is 0.250. The highest BCUT2D eigenvalue weighted by Crippen LogP contribution is 2.39. The van der Waals surface area contributed by atoms with Crippen LogP contribution in [0.15, 0.2) is 59.2 Å². The number of hydrogen-bond acceptors (Lipinski definition) is 7. The summed E-state index contributed by atoms with van der Waals surface area (Å²) in [7, 11) is 0. The van der Waals surface area contributed by atoms with Gasteiger partial charge < -0.3 is 19.9 Å². The predicted molar refractivity (Wildman–Crippen MR) is 102 cm³/mol. The fourth-order valence-electron chi connectivity index (χ4n) is 2.58. The van der Waals surface area contributed by atoms with E-state index in [-0.39, 0.29) is 35.8 Å². The van der Waals surface area contributed by atoms with Gasteiger partial charge in [-0.25, -0.2) is 9.59 Å². The van der Waals surface area contributed by atoms with E-state index in [4.69, 9.17) is 31.5 Å². The van der Waals surface area contributed by atoms with Crippen LogP contribution in [-0.2, 0) is 23.8 Å². The minimum atomic E-state index is -0.774. The summed E-state index contributed by atoms with van der Waals surface area (Å²) in [6, 6.07) is 8.74. The van der Waals surface area contributed by atoms with Crippen molar-refractivity contribution in [3.8, 4) is 6.07 Å². The van der Waals surface area contributed by atoms with Crippen molar-refractivity contribution < 1.29 is 23.8 Å². The number of esters is 2. The van der Waals surface area contributed by atoms with Gasteiger partial charge in [-0.1, -0.05) is 30.3 Å². The van der Waals surface area contributed by atoms with E-state index in [1.165, 1.54) is 6.92 Å². The van der Waals surface area contributed by atoms with Gasteiger partial charge >= 0.3 is 11.9 Å². The number of hydrogen-bond donors (Lipinski definition) is 1. The molecule has 0 amide bonds. The quantitative estimate of drug-likeness (QED) is 0.442. The van der Waals surface area contributed by atoms with Crippen LogP contribution in [0, 0.1) is 11.3 Å². The van der Waals surface area contributed by atoms with Crippen LogP contribution in [0.5, 0.6) is 0 Å². The highest BCUT2D eigenvalue weighted by molar-refractivity contribution is 6.30. The second kappa shape index (κ2) is 9.11. The summed E-state index contributed by atoms with van der Waals surface area (Å²) in [5, 5.41) is 10.1. The molecule has 0 spiro atoms. The number of benzene rings is 1. The van der Waals surface area contributed by atoms with Crippen LogP contribution in [-0.4, -0.2) is 25.2 Å². The third kappa shape index (κ3) is 4.72. The Balaban J connectivity index is 2.24. The van der Waals surface area contributed by atoms with E-state index >= 15 is 0 Å². The van der Waals surface area contributed by atoms with Gasteiger partial charge in [0.1, 0.15) is 24.5 Å². The summed E-state index contributed by atoms with van der Waals surface area (Å²) < 4.78 is 15.4. The molecule has 1 aromatic carbocycles. The lowest BCUT2D eigenvalue weighted by atomic mass is 9.83. The number of nitriles is 1. The Bertz CT molecular complexity index is 910. The van der Waals surface area contributed by atoms with E-state index in [0.717, 1.165) is 0 Å². The van der Waals surface area contributed by atoms with Gasteiger partial charge in [-0.15, -0.1) is 0 Å². The summed E-state index contributed by atoms with van der Waals surface area (Å²) in [4.78, 5) is 24.0. The monoisotopic (exact) mass is 402 g/mol. The minimum Gasteiger partial charge on any atom is -0.459 e. The molecule has 1 aromatic rings. The molecule has 0 aromatic heterocycles. The fourth-order valence-corrected chi connectivity index (χ4v) is 2.71. The van der Waals surface area contributed by atoms with Crippen molar-refractivity contribution >= 4 is 23.5 Å². The first-order valence-corrected chi connectivity index (χ1v) is 8.67. The molecule has 0 aliphatic carbocycles. The predicted octanol–water partition coefficient (Wildman–Crippen LogP) is 3.08. The van der Waals surface area contributed by atoms with Gasteiger partial charge in [0.15, 0.2) is 0 Å². The third-order valence-electron chi connectivity index (χ3n) is 3.93. The van der Waals surface area contributed by atoms with Crippen molar-refractivity contribution in [2.24, 2.45) is 5.73 Å². The van der Waals surface area contributed by atoms with Crippen LogP contribution in [0.1, 0.15) is 25.3 Å². The van der Waals surface area contributed by atoms with Crippen LogP contribution < -0.4 is 5.73 Å². The molecule has 0 radical (unpaired) electrons. The molecule has 0 saturated carbocycles. The minimum absolute atomic E-state index is 0.00398. The molecule has 0 unspecified atom stereocenters. The number of nitrogens with zero attached hydrogens (tertiary/aromatic N) is 1. The molecule has 0 saturated heterocycles. The smallest absolute Gasteiger partial charge is 0.340 e. The summed E-state index contributed by atoms with van der Waals surface area (Å²) in [6.07, 6.45) is 0. The maximum absolute atomic E-state index is 12.6. The van der Waals surface area contributed by atoms with Crippen LogP contribution >= 0.6 is 11.6 Å². The maximum atomic E-state index is 12.6. The van der Waals surface area contributed by atoms with Crippen molar-refractivity contribution in [2.45, 2.75) is 19.8 Å². The van der Waals surface area contributed by atoms with Gasteiger partial charge in [0.2, 0.25) is 5.88 Å². The van der Waals surface area contributed by atoms with E-state index in [9.17, 15) is 14.9 Å². The second-order valence-corrected chi connectivity index (χ2v) is 6.43. The van der Waals surface area contributed by atoms with E-state index < -0.39 is 17.9 Å². The first-order valence-electron chi connectivity index (χ1n) is 8.29. The van der Waals surface area contributed by atoms with Crippen molar-refractivity contribution in [3.63, 3.8) is 0 Å². The number of nitrogens with two attached hydrogens (primary N) is 1. The van der Waals surface area contributed by atoms with Gasteiger partial charge in [0.25, 0.3) is 0 Å². The molecule has 28 heavy (non-hydrogen) atoms. The zero-order valence-electron chi connectivity index (χ0n) is 15.5. The molecular weight excluding hydrogens is 384 g/mol. The molecule has 1 heterocycles. The van der Waals surface area contributed by atoms with Gasteiger partial charge in [-0.05, 0) is 31.5 Å². The molecule has 7 nitrogen and oxygen atoms in total. The van der Waals surface area contributed by atoms with Gasteiger partial charge in [0.05, 0.1) is 17.6 Å². The van der Waals surface area contributed by atoms with Crippen molar-refractivity contribution in [3.05, 3.63) is 69.8 Å². The average Bonchev–Trinajstić information content (AvgIpc) is 2.64. The average molecular weight is 403 g/mol. The summed E-state index contributed by atoms with van der Waals surface area (Å²) in [6.45, 7) is 6.23. The molecule has 1 aliphatic heterocycles. The maximum Gasteiger partial charge on any atom is 0.340 e. The van der Waals surface area contributed by atoms with Gasteiger partial charge in [0, 0.05) is 10.6 Å². The lowest BCUT2D eigenvalue weighted by molar-refractivity contribution is -0.147. The topological polar surface area (TPSA) is 112 Å². The molecule has 8 heteroatoms. The van der Waals surface area contributed by atoms with Crippen LogP contribution in [0.3, 0.4) is 0 Å². The third-order valence-corrected chi connectivity index (χ3v) is 4.18. The lowest BCUT2D eigenvalue weighted by Crippen LogP contribution is -2.27. The van der Waals surface area contributed by atoms with Crippen LogP contribution in [0.2, 0.25) is 5.02 Å². The largest absolute Gasteiger partial charge is 0.459 e. The standard InChI is InChI=1S/C20H19ClN2O5/c1-11(2)19(24)26-8-9-27-20(25)17-16(13-4-6-14(21)7-5-13)15(10-22)12(3)28-18(17)23/h4-7,16H,1,8-9,23H2,2-3H3/t16-/m1/s1. The van der Waals surface area contributed by atoms with Crippen molar-refractivity contribution in [2.75, 3.05) is 13.2 Å². The van der Waals surface area contributed by atoms with Gasteiger partial charge in [-0.2, -0.15) is 5.26 Å². The molecule has 0 bridgehead atoms. The summed E-state index contributed by atoms with van der Waals surface area (Å²) in [5.41, 5.74) is 7.03. The Kier molecular flexibility index (Phi) is 6.85. The Hall–Kier alpha value is -3.24. The number of carbonyl (C=O) groups excluding carboxylic acids is 2. The number of ether oxygens (including phenoxy) is 3. The second-order valence-electron chi connectivity index (χ2n) is 6.00. The number of rotatable bonds is 6. The van der Waals surface area contributed by atoms with E-state index in [0.29, 0.717) is 16.3 Å². The number of allylic oxidation sites excluding steroid dienone is 2. The summed E-state index contributed by atoms with van der Waals surface area (Å²) >= 11 is 5.93. The van der Waals surface area contributed by atoms with Crippen LogP contribution in [0.4, 0.5) is 0 Å². The number of halogens is 1. The number of carbonyl (C=O) groups is 2. The first kappa shape index (κ1) is 21.1. The lowest BCUT2D eigenvalue weighted by Gasteiger charge is -2.26. The molecule has 2 rings (SSSR count). The SMILES string of the molecule is C=C(C)C(=O)OCCOC(=O)C1=C(N)OC(C)=C(C#N)[C@H]1c1ccc(Cl)cc1. The van der Waals surface area contributed by atoms with Crippen molar-refractivity contribution in [1.82, 2.24) is 0 Å². The molecule has 146 valence electrons. The highest BCUT2D eigenvalue weighted by atomic mass is 35.5. The Labute approximate surface area is 167 Å². The Morgan fingerprint density at radius 2 is 1.89 bits per heavy atom. The molecule has 2 N–H and O–H groups in total. The highest BCUT2D eigenvalue weighted by Gasteiger charge is 2.36. The normalized spacial score (nSPS) is 16.1. The Morgan fingerprint density at radius 1 is 1.29 bits per heavy atom. The van der Waals surface area contributed by atoms with E-state index in [1.54, 1.807) is 31.2 Å². The molecular formula is C20H19ClN2O5. The molecule has 0 fully saturated rings. The zero-order chi connectivity index (χ0) is 20.8. The first-order chi connectivity index (χ1) is 13.3. The van der Waals surface area contributed by atoms with Crippen LogP contribution in [0.25, 0.3) is 0 Å². The van der Waals surface area contributed by atoms with E-state index in [1.807, 2.05) is 0 Å². The zero-order valence-corrected chi connectivity index (χ0v) is 16.2. The molecule has 1 atom stereocenters. The van der Waals surface area contributed by atoms with E-state index in [2.05, 4.69) is 12.6 Å². The molecule has 1 aliphatic rings. The Morgan fingerprint density at radius 3 is 2.46 bits per heavy atom. The van der Waals surface area contributed by atoms with Crippen molar-refractivity contribution in [1.29, 1.82) is 5.26 Å².